The fourth-order valence-electron chi connectivity index (χ4n) is 3.24. The van der Waals surface area contributed by atoms with E-state index in [4.69, 9.17) is 16.3 Å². The molecule has 1 aromatic rings. The Morgan fingerprint density at radius 2 is 1.81 bits per heavy atom. The molecular weight excluding hydrogens is 364 g/mol. The molecule has 1 atom stereocenters. The SMILES string of the molecule is CC(C)[C@H](NC(=O)c1ccc(Cl)cc1)C(=O)NCCCOC1CCCCC1. The van der Waals surface area contributed by atoms with E-state index >= 15 is 0 Å². The molecule has 0 saturated heterocycles. The maximum atomic E-state index is 12.5. The number of halogens is 1. The van der Waals surface area contributed by atoms with E-state index in [-0.39, 0.29) is 17.7 Å². The van der Waals surface area contributed by atoms with Crippen molar-refractivity contribution < 1.29 is 14.3 Å². The molecular formula is C21H31ClN2O3. The van der Waals surface area contributed by atoms with Crippen LogP contribution in [-0.4, -0.2) is 37.1 Å². The third kappa shape index (κ3) is 7.51. The summed E-state index contributed by atoms with van der Waals surface area (Å²) in [4.78, 5) is 24.9. The van der Waals surface area contributed by atoms with Gasteiger partial charge in [0.2, 0.25) is 5.91 Å². The standard InChI is InChI=1S/C21H31ClN2O3/c1-15(2)19(24-20(25)16-9-11-17(22)12-10-16)21(26)23-13-6-14-27-18-7-4-3-5-8-18/h9-12,15,18-19H,3-8,13-14H2,1-2H3,(H,23,26)(H,24,25)/t19-/m0/s1. The summed E-state index contributed by atoms with van der Waals surface area (Å²) in [6, 6.07) is 6.04. The highest BCUT2D eigenvalue weighted by Gasteiger charge is 2.24. The summed E-state index contributed by atoms with van der Waals surface area (Å²) in [7, 11) is 0. The maximum Gasteiger partial charge on any atom is 0.251 e. The lowest BCUT2D eigenvalue weighted by Crippen LogP contribution is -2.50. The number of rotatable bonds is 9. The predicted molar refractivity (Wildman–Crippen MR) is 108 cm³/mol. The van der Waals surface area contributed by atoms with E-state index in [1.54, 1.807) is 24.3 Å². The molecule has 1 aromatic carbocycles. The molecule has 0 radical (unpaired) electrons. The summed E-state index contributed by atoms with van der Waals surface area (Å²) in [6.07, 6.45) is 7.29. The Labute approximate surface area is 167 Å². The topological polar surface area (TPSA) is 67.4 Å². The van der Waals surface area contributed by atoms with Gasteiger partial charge in [0.25, 0.3) is 5.91 Å². The van der Waals surface area contributed by atoms with Crippen LogP contribution in [0.4, 0.5) is 0 Å². The summed E-state index contributed by atoms with van der Waals surface area (Å²) in [5.74, 6) is -0.453. The number of benzene rings is 1. The fourth-order valence-corrected chi connectivity index (χ4v) is 3.36. The zero-order valence-electron chi connectivity index (χ0n) is 16.3. The van der Waals surface area contributed by atoms with E-state index < -0.39 is 6.04 Å². The predicted octanol–water partition coefficient (Wildman–Crippen LogP) is 3.95. The Morgan fingerprint density at radius 1 is 1.15 bits per heavy atom. The van der Waals surface area contributed by atoms with Gasteiger partial charge in [-0.3, -0.25) is 9.59 Å². The third-order valence-electron chi connectivity index (χ3n) is 4.87. The Morgan fingerprint density at radius 3 is 2.44 bits per heavy atom. The molecule has 2 rings (SSSR count). The molecule has 0 unspecified atom stereocenters. The summed E-state index contributed by atoms with van der Waals surface area (Å²) in [6.45, 7) is 5.04. The Balaban J connectivity index is 1.73. The second kappa shape index (κ2) is 11.3. The van der Waals surface area contributed by atoms with Crippen LogP contribution in [0.1, 0.15) is 62.7 Å². The lowest BCUT2D eigenvalue weighted by molar-refractivity contribution is -0.124. The quantitative estimate of drug-likeness (QED) is 0.623. The zero-order valence-corrected chi connectivity index (χ0v) is 17.1. The van der Waals surface area contributed by atoms with Crippen LogP contribution in [0.2, 0.25) is 5.02 Å². The maximum absolute atomic E-state index is 12.5. The number of carbonyl (C=O) groups excluding carboxylic acids is 2. The fraction of sp³-hybridized carbons (Fsp3) is 0.619. The summed E-state index contributed by atoms with van der Waals surface area (Å²) >= 11 is 5.85. The van der Waals surface area contributed by atoms with E-state index in [1.807, 2.05) is 13.8 Å². The van der Waals surface area contributed by atoms with E-state index in [9.17, 15) is 9.59 Å². The van der Waals surface area contributed by atoms with Crippen molar-refractivity contribution in [3.05, 3.63) is 34.9 Å². The van der Waals surface area contributed by atoms with Crippen molar-refractivity contribution in [2.24, 2.45) is 5.92 Å². The minimum absolute atomic E-state index is 0.0141. The van der Waals surface area contributed by atoms with Crippen LogP contribution in [0.5, 0.6) is 0 Å². The highest BCUT2D eigenvalue weighted by molar-refractivity contribution is 6.30. The van der Waals surface area contributed by atoms with Crippen molar-refractivity contribution in [3.8, 4) is 0 Å². The molecule has 1 saturated carbocycles. The Kier molecular flexibility index (Phi) is 9.08. The first-order valence-electron chi connectivity index (χ1n) is 9.93. The van der Waals surface area contributed by atoms with Crippen molar-refractivity contribution in [3.63, 3.8) is 0 Å². The van der Waals surface area contributed by atoms with Crippen LogP contribution in [0.25, 0.3) is 0 Å². The van der Waals surface area contributed by atoms with Crippen molar-refractivity contribution in [2.45, 2.75) is 64.5 Å². The van der Waals surface area contributed by atoms with Gasteiger partial charge in [-0.05, 0) is 49.4 Å². The minimum Gasteiger partial charge on any atom is -0.378 e. The molecule has 0 heterocycles. The second-order valence-electron chi connectivity index (χ2n) is 7.48. The molecule has 0 spiro atoms. The molecule has 0 aromatic heterocycles. The Bertz CT molecular complexity index is 598. The lowest BCUT2D eigenvalue weighted by Gasteiger charge is -2.23. The van der Waals surface area contributed by atoms with Gasteiger partial charge in [0, 0.05) is 23.7 Å². The molecule has 2 amide bonds. The van der Waals surface area contributed by atoms with Gasteiger partial charge in [-0.25, -0.2) is 0 Å². The van der Waals surface area contributed by atoms with Gasteiger partial charge < -0.3 is 15.4 Å². The van der Waals surface area contributed by atoms with Gasteiger partial charge in [0.05, 0.1) is 6.10 Å². The van der Waals surface area contributed by atoms with Crippen LogP contribution in [0, 0.1) is 5.92 Å². The van der Waals surface area contributed by atoms with Gasteiger partial charge >= 0.3 is 0 Å². The van der Waals surface area contributed by atoms with Crippen molar-refractivity contribution >= 4 is 23.4 Å². The first kappa shape index (κ1) is 21.7. The van der Waals surface area contributed by atoms with E-state index in [0.717, 1.165) is 19.3 Å². The first-order valence-corrected chi connectivity index (χ1v) is 10.3. The number of nitrogens with one attached hydrogen (secondary N) is 2. The van der Waals surface area contributed by atoms with Crippen LogP contribution in [0.15, 0.2) is 24.3 Å². The monoisotopic (exact) mass is 394 g/mol. The number of ether oxygens (including phenoxy) is 1. The summed E-state index contributed by atoms with van der Waals surface area (Å²) in [5, 5.41) is 6.30. The number of hydrogen-bond acceptors (Lipinski definition) is 3. The Hall–Kier alpha value is -1.59. The van der Waals surface area contributed by atoms with Crippen LogP contribution in [-0.2, 0) is 9.53 Å². The van der Waals surface area contributed by atoms with E-state index in [2.05, 4.69) is 10.6 Å². The highest BCUT2D eigenvalue weighted by Crippen LogP contribution is 2.20. The molecule has 27 heavy (non-hydrogen) atoms. The van der Waals surface area contributed by atoms with Crippen LogP contribution < -0.4 is 10.6 Å². The molecule has 0 bridgehead atoms. The van der Waals surface area contributed by atoms with Crippen molar-refractivity contribution in [1.82, 2.24) is 10.6 Å². The molecule has 0 aliphatic heterocycles. The highest BCUT2D eigenvalue weighted by atomic mass is 35.5. The normalized spacial score (nSPS) is 16.1. The lowest BCUT2D eigenvalue weighted by atomic mass is 9.98. The van der Waals surface area contributed by atoms with Gasteiger partial charge in [-0.15, -0.1) is 0 Å². The molecule has 1 aliphatic carbocycles. The zero-order chi connectivity index (χ0) is 19.6. The van der Waals surface area contributed by atoms with Crippen LogP contribution >= 0.6 is 11.6 Å². The van der Waals surface area contributed by atoms with E-state index in [1.165, 1.54) is 19.3 Å². The average Bonchev–Trinajstić information content (AvgIpc) is 2.66. The number of carbonyl (C=O) groups is 2. The molecule has 6 heteroatoms. The minimum atomic E-state index is -0.576. The second-order valence-corrected chi connectivity index (χ2v) is 7.91. The smallest absolute Gasteiger partial charge is 0.251 e. The summed E-state index contributed by atoms with van der Waals surface area (Å²) < 4.78 is 5.87. The number of hydrogen-bond donors (Lipinski definition) is 2. The van der Waals surface area contributed by atoms with Gasteiger partial charge in [-0.1, -0.05) is 44.7 Å². The summed E-state index contributed by atoms with van der Waals surface area (Å²) in [5.41, 5.74) is 0.485. The van der Waals surface area contributed by atoms with Crippen molar-refractivity contribution in [1.29, 1.82) is 0 Å². The van der Waals surface area contributed by atoms with Gasteiger partial charge in [0.1, 0.15) is 6.04 Å². The molecule has 150 valence electrons. The average molecular weight is 395 g/mol. The molecule has 2 N–H and O–H groups in total. The first-order chi connectivity index (χ1) is 13.0. The van der Waals surface area contributed by atoms with Crippen molar-refractivity contribution in [2.75, 3.05) is 13.2 Å². The van der Waals surface area contributed by atoms with Gasteiger partial charge in [-0.2, -0.15) is 0 Å². The molecule has 5 nitrogen and oxygen atoms in total. The number of amides is 2. The largest absolute Gasteiger partial charge is 0.378 e. The molecule has 1 fully saturated rings. The van der Waals surface area contributed by atoms with Crippen LogP contribution in [0.3, 0.4) is 0 Å². The van der Waals surface area contributed by atoms with Gasteiger partial charge in [0.15, 0.2) is 0 Å². The third-order valence-corrected chi connectivity index (χ3v) is 5.12. The van der Waals surface area contributed by atoms with E-state index in [0.29, 0.717) is 29.8 Å². The molecule has 1 aliphatic rings.